The average Bonchev–Trinajstić information content (AvgIpc) is 2.52. The molecule has 0 saturated carbocycles. The van der Waals surface area contributed by atoms with E-state index in [1.54, 1.807) is 0 Å². The molecule has 78 valence electrons. The van der Waals surface area contributed by atoms with Crippen LogP contribution in [0.5, 0.6) is 0 Å². The lowest BCUT2D eigenvalue weighted by atomic mass is 9.94. The second-order valence-electron chi connectivity index (χ2n) is 4.12. The molecule has 0 radical (unpaired) electrons. The molecule has 2 heterocycles. The van der Waals surface area contributed by atoms with Gasteiger partial charge in [-0.05, 0) is 38.8 Å². The Hall–Kier alpha value is -0.900. The van der Waals surface area contributed by atoms with Crippen LogP contribution in [0.25, 0.3) is 0 Å². The Morgan fingerprint density at radius 1 is 1.36 bits per heavy atom. The molecule has 2 rings (SSSR count). The number of piperidine rings is 1. The summed E-state index contributed by atoms with van der Waals surface area (Å²) in [6.45, 7) is 4.31. The minimum Gasteiger partial charge on any atom is -0.318 e. The number of rotatable bonds is 2. The van der Waals surface area contributed by atoms with Crippen LogP contribution in [0.1, 0.15) is 24.5 Å². The van der Waals surface area contributed by atoms with Crippen molar-refractivity contribution in [3.8, 4) is 0 Å². The van der Waals surface area contributed by atoms with E-state index in [9.17, 15) is 0 Å². The van der Waals surface area contributed by atoms with E-state index in [0.29, 0.717) is 0 Å². The molecule has 0 amide bonds. The summed E-state index contributed by atoms with van der Waals surface area (Å²) in [5.74, 6) is 2.93. The van der Waals surface area contributed by atoms with E-state index in [1.807, 2.05) is 14.0 Å². The Labute approximate surface area is 84.7 Å². The zero-order valence-corrected chi connectivity index (χ0v) is 8.95. The van der Waals surface area contributed by atoms with Gasteiger partial charge in [-0.3, -0.25) is 0 Å². The van der Waals surface area contributed by atoms with Gasteiger partial charge in [0.1, 0.15) is 11.6 Å². The lowest BCUT2D eigenvalue weighted by molar-refractivity contribution is 0.364. The summed E-state index contributed by atoms with van der Waals surface area (Å²) in [6.07, 6.45) is 3.62. The Balaban J connectivity index is 1.99. The molecule has 0 atom stereocenters. The fraction of sp³-hybridized carbons (Fsp3) is 0.800. The first kappa shape index (κ1) is 9.65. The van der Waals surface area contributed by atoms with Gasteiger partial charge in [-0.2, -0.15) is 0 Å². The van der Waals surface area contributed by atoms with Crippen molar-refractivity contribution in [1.82, 2.24) is 20.1 Å². The first-order chi connectivity index (χ1) is 6.77. The van der Waals surface area contributed by atoms with Crippen molar-refractivity contribution in [3.63, 3.8) is 0 Å². The molecule has 14 heavy (non-hydrogen) atoms. The lowest BCUT2D eigenvalue weighted by Crippen LogP contribution is -2.29. The molecule has 1 saturated heterocycles. The molecule has 4 heteroatoms. The van der Waals surface area contributed by atoms with Gasteiger partial charge in [0.15, 0.2) is 0 Å². The van der Waals surface area contributed by atoms with Crippen molar-refractivity contribution >= 4 is 0 Å². The lowest BCUT2D eigenvalue weighted by Gasteiger charge is -2.21. The molecule has 4 nitrogen and oxygen atoms in total. The zero-order valence-electron chi connectivity index (χ0n) is 8.95. The number of aromatic nitrogens is 3. The van der Waals surface area contributed by atoms with Gasteiger partial charge in [0.2, 0.25) is 0 Å². The van der Waals surface area contributed by atoms with Crippen LogP contribution in [-0.2, 0) is 13.5 Å². The van der Waals surface area contributed by atoms with E-state index >= 15 is 0 Å². The second-order valence-corrected chi connectivity index (χ2v) is 4.12. The van der Waals surface area contributed by atoms with Crippen molar-refractivity contribution in [2.24, 2.45) is 13.0 Å². The number of hydrogen-bond donors (Lipinski definition) is 1. The molecule has 1 aromatic rings. The predicted octanol–water partition coefficient (Wildman–Crippen LogP) is 0.666. The standard InChI is InChI=1S/C10H18N4/c1-8-12-13-10(14(8)2)7-9-3-5-11-6-4-9/h9,11H,3-7H2,1-2H3. The summed E-state index contributed by atoms with van der Waals surface area (Å²) in [6, 6.07) is 0. The summed E-state index contributed by atoms with van der Waals surface area (Å²) in [7, 11) is 2.05. The van der Waals surface area contributed by atoms with Gasteiger partial charge < -0.3 is 9.88 Å². The maximum atomic E-state index is 4.20. The highest BCUT2D eigenvalue weighted by Gasteiger charge is 2.16. The third kappa shape index (κ3) is 1.95. The molecule has 1 fully saturated rings. The molecule has 0 aromatic carbocycles. The molecular weight excluding hydrogens is 176 g/mol. The Kier molecular flexibility index (Phi) is 2.82. The second kappa shape index (κ2) is 4.09. The first-order valence-electron chi connectivity index (χ1n) is 5.33. The maximum absolute atomic E-state index is 4.20. The first-order valence-corrected chi connectivity index (χ1v) is 5.33. The summed E-state index contributed by atoms with van der Waals surface area (Å²) in [5, 5.41) is 11.7. The van der Waals surface area contributed by atoms with Crippen LogP contribution in [-0.4, -0.2) is 27.9 Å². The van der Waals surface area contributed by atoms with Crippen LogP contribution in [0, 0.1) is 12.8 Å². The van der Waals surface area contributed by atoms with E-state index in [1.165, 1.54) is 12.8 Å². The van der Waals surface area contributed by atoms with Gasteiger partial charge in [0.05, 0.1) is 0 Å². The fourth-order valence-corrected chi connectivity index (χ4v) is 1.97. The van der Waals surface area contributed by atoms with Gasteiger partial charge in [0, 0.05) is 13.5 Å². The third-order valence-corrected chi connectivity index (χ3v) is 3.11. The Morgan fingerprint density at radius 2 is 2.07 bits per heavy atom. The van der Waals surface area contributed by atoms with Gasteiger partial charge in [-0.15, -0.1) is 10.2 Å². The Morgan fingerprint density at radius 3 is 2.64 bits per heavy atom. The van der Waals surface area contributed by atoms with Crippen molar-refractivity contribution in [3.05, 3.63) is 11.6 Å². The van der Waals surface area contributed by atoms with Crippen LogP contribution in [0.4, 0.5) is 0 Å². The average molecular weight is 194 g/mol. The summed E-state index contributed by atoms with van der Waals surface area (Å²) in [4.78, 5) is 0. The van der Waals surface area contributed by atoms with Gasteiger partial charge in [-0.1, -0.05) is 0 Å². The molecule has 0 bridgehead atoms. The van der Waals surface area contributed by atoms with E-state index in [0.717, 1.165) is 37.1 Å². The number of nitrogens with zero attached hydrogens (tertiary/aromatic N) is 3. The highest BCUT2D eigenvalue weighted by atomic mass is 15.3. The van der Waals surface area contributed by atoms with Crippen LogP contribution in [0.15, 0.2) is 0 Å². The van der Waals surface area contributed by atoms with Crippen LogP contribution >= 0.6 is 0 Å². The van der Waals surface area contributed by atoms with Crippen LogP contribution < -0.4 is 5.32 Å². The highest BCUT2D eigenvalue weighted by molar-refractivity contribution is 4.94. The molecular formula is C10H18N4. The van der Waals surface area contributed by atoms with E-state index in [2.05, 4.69) is 20.1 Å². The quantitative estimate of drug-likeness (QED) is 0.752. The van der Waals surface area contributed by atoms with Crippen molar-refractivity contribution < 1.29 is 0 Å². The molecule has 0 spiro atoms. The van der Waals surface area contributed by atoms with Crippen LogP contribution in [0.2, 0.25) is 0 Å². The molecule has 0 aliphatic carbocycles. The topological polar surface area (TPSA) is 42.7 Å². The number of aryl methyl sites for hydroxylation is 1. The van der Waals surface area contributed by atoms with Crippen LogP contribution in [0.3, 0.4) is 0 Å². The minimum atomic E-state index is 0.790. The number of nitrogens with one attached hydrogen (secondary N) is 1. The summed E-state index contributed by atoms with van der Waals surface area (Å²) >= 11 is 0. The zero-order chi connectivity index (χ0) is 9.97. The van der Waals surface area contributed by atoms with Crippen molar-refractivity contribution in [2.75, 3.05) is 13.1 Å². The monoisotopic (exact) mass is 194 g/mol. The van der Waals surface area contributed by atoms with Gasteiger partial charge >= 0.3 is 0 Å². The van der Waals surface area contributed by atoms with Gasteiger partial charge in [0.25, 0.3) is 0 Å². The van der Waals surface area contributed by atoms with E-state index < -0.39 is 0 Å². The largest absolute Gasteiger partial charge is 0.318 e. The normalized spacial score (nSPS) is 18.7. The minimum absolute atomic E-state index is 0.790. The SMILES string of the molecule is Cc1nnc(CC2CCNCC2)n1C. The predicted molar refractivity (Wildman–Crippen MR) is 55.0 cm³/mol. The highest BCUT2D eigenvalue weighted by Crippen LogP contribution is 2.16. The van der Waals surface area contributed by atoms with E-state index in [-0.39, 0.29) is 0 Å². The number of hydrogen-bond acceptors (Lipinski definition) is 3. The van der Waals surface area contributed by atoms with Crippen molar-refractivity contribution in [1.29, 1.82) is 0 Å². The Bertz CT molecular complexity index is 299. The molecule has 1 aromatic heterocycles. The molecule has 1 N–H and O–H groups in total. The smallest absolute Gasteiger partial charge is 0.133 e. The summed E-state index contributed by atoms with van der Waals surface area (Å²) < 4.78 is 2.10. The van der Waals surface area contributed by atoms with Gasteiger partial charge in [-0.25, -0.2) is 0 Å². The molecule has 1 aliphatic heterocycles. The van der Waals surface area contributed by atoms with Crippen molar-refractivity contribution in [2.45, 2.75) is 26.2 Å². The molecule has 0 unspecified atom stereocenters. The maximum Gasteiger partial charge on any atom is 0.133 e. The third-order valence-electron chi connectivity index (χ3n) is 3.11. The summed E-state index contributed by atoms with van der Waals surface area (Å²) in [5.41, 5.74) is 0. The van der Waals surface area contributed by atoms with E-state index in [4.69, 9.17) is 0 Å². The molecule has 1 aliphatic rings. The fourth-order valence-electron chi connectivity index (χ4n) is 1.97.